The van der Waals surface area contributed by atoms with Crippen LogP contribution in [0.15, 0.2) is 30.3 Å². The number of carbonyl (C=O) groups excluding carboxylic acids is 2. The third kappa shape index (κ3) is 7.52. The molecule has 0 aliphatic carbocycles. The van der Waals surface area contributed by atoms with Gasteiger partial charge in [0.1, 0.15) is 12.4 Å². The Morgan fingerprint density at radius 1 is 1.18 bits per heavy atom. The van der Waals surface area contributed by atoms with E-state index in [0.717, 1.165) is 0 Å². The van der Waals surface area contributed by atoms with Crippen molar-refractivity contribution in [2.75, 3.05) is 19.8 Å². The van der Waals surface area contributed by atoms with Crippen LogP contribution in [0.2, 0.25) is 0 Å². The van der Waals surface area contributed by atoms with E-state index in [1.165, 1.54) is 0 Å². The summed E-state index contributed by atoms with van der Waals surface area (Å²) < 4.78 is 15.7. The quantitative estimate of drug-likeness (QED) is 0.710. The predicted molar refractivity (Wildman–Crippen MR) is 81.7 cm³/mol. The molecule has 6 nitrogen and oxygen atoms in total. The average Bonchev–Trinajstić information content (AvgIpc) is 2.51. The second-order valence-corrected chi connectivity index (χ2v) is 4.59. The smallest absolute Gasteiger partial charge is 0.407 e. The summed E-state index contributed by atoms with van der Waals surface area (Å²) in [6, 6.07) is 9.20. The fourth-order valence-corrected chi connectivity index (χ4v) is 1.67. The van der Waals surface area contributed by atoms with Crippen molar-refractivity contribution in [1.82, 2.24) is 5.32 Å². The highest BCUT2D eigenvalue weighted by molar-refractivity contribution is 5.70. The van der Waals surface area contributed by atoms with Crippen LogP contribution < -0.4 is 10.1 Å². The zero-order valence-corrected chi connectivity index (χ0v) is 13.0. The number of nitrogens with one attached hydrogen (secondary N) is 1. The van der Waals surface area contributed by atoms with Gasteiger partial charge in [0.2, 0.25) is 0 Å². The average molecular weight is 309 g/mol. The fraction of sp³-hybridized carbons (Fsp3) is 0.500. The number of esters is 1. The van der Waals surface area contributed by atoms with E-state index in [1.54, 1.807) is 6.92 Å². The van der Waals surface area contributed by atoms with E-state index in [-0.39, 0.29) is 25.7 Å². The lowest BCUT2D eigenvalue weighted by Gasteiger charge is -2.19. The second-order valence-electron chi connectivity index (χ2n) is 4.59. The van der Waals surface area contributed by atoms with Gasteiger partial charge in [0.15, 0.2) is 6.10 Å². The molecule has 0 aliphatic rings. The summed E-state index contributed by atoms with van der Waals surface area (Å²) in [4.78, 5) is 22.9. The highest BCUT2D eigenvalue weighted by Crippen LogP contribution is 2.09. The van der Waals surface area contributed by atoms with Crippen LogP contribution in [0.1, 0.15) is 26.7 Å². The number of carbonyl (C=O) groups is 2. The van der Waals surface area contributed by atoms with Crippen LogP contribution >= 0.6 is 0 Å². The zero-order chi connectivity index (χ0) is 16.2. The number of para-hydroxylation sites is 1. The SMILES string of the molecule is CCCC(=O)OC(CNC(=O)OCC)COc1ccccc1. The lowest BCUT2D eigenvalue weighted by atomic mass is 10.3. The number of hydrogen-bond donors (Lipinski definition) is 1. The summed E-state index contributed by atoms with van der Waals surface area (Å²) in [7, 11) is 0. The third-order valence-electron chi connectivity index (χ3n) is 2.68. The van der Waals surface area contributed by atoms with Gasteiger partial charge in [0.25, 0.3) is 0 Å². The summed E-state index contributed by atoms with van der Waals surface area (Å²) in [5, 5.41) is 2.55. The first kappa shape index (κ1) is 17.8. The molecule has 0 aliphatic heterocycles. The summed E-state index contributed by atoms with van der Waals surface area (Å²) in [6.07, 6.45) is -0.0695. The highest BCUT2D eigenvalue weighted by atomic mass is 16.6. The van der Waals surface area contributed by atoms with Crippen molar-refractivity contribution < 1.29 is 23.8 Å². The molecule has 0 saturated carbocycles. The number of alkyl carbamates (subject to hydrolysis) is 1. The van der Waals surface area contributed by atoms with Crippen molar-refractivity contribution in [2.24, 2.45) is 0 Å². The largest absolute Gasteiger partial charge is 0.490 e. The minimum absolute atomic E-state index is 0.140. The maximum atomic E-state index is 11.6. The molecule has 122 valence electrons. The van der Waals surface area contributed by atoms with E-state index in [1.807, 2.05) is 37.3 Å². The van der Waals surface area contributed by atoms with E-state index >= 15 is 0 Å². The molecule has 0 radical (unpaired) electrons. The molecule has 1 aromatic carbocycles. The Balaban J connectivity index is 2.49. The van der Waals surface area contributed by atoms with E-state index in [4.69, 9.17) is 14.2 Å². The molecule has 0 bridgehead atoms. The van der Waals surface area contributed by atoms with Crippen LogP contribution in [0.25, 0.3) is 0 Å². The molecule has 0 heterocycles. The van der Waals surface area contributed by atoms with Gasteiger partial charge in [-0.15, -0.1) is 0 Å². The van der Waals surface area contributed by atoms with E-state index < -0.39 is 12.2 Å². The van der Waals surface area contributed by atoms with Gasteiger partial charge in [-0.2, -0.15) is 0 Å². The first-order chi connectivity index (χ1) is 10.7. The van der Waals surface area contributed by atoms with Crippen molar-refractivity contribution in [3.05, 3.63) is 30.3 Å². The molecule has 0 fully saturated rings. The van der Waals surface area contributed by atoms with Gasteiger partial charge in [0.05, 0.1) is 13.2 Å². The first-order valence-electron chi connectivity index (χ1n) is 7.43. The molecule has 0 spiro atoms. The molecule has 1 unspecified atom stereocenters. The Bertz CT molecular complexity index is 449. The van der Waals surface area contributed by atoms with Crippen LogP contribution in [-0.4, -0.2) is 37.9 Å². The molecule has 1 N–H and O–H groups in total. The van der Waals surface area contributed by atoms with Crippen molar-refractivity contribution in [1.29, 1.82) is 0 Å². The maximum absolute atomic E-state index is 11.6. The molecule has 1 aromatic rings. The topological polar surface area (TPSA) is 73.9 Å². The molecule has 1 amide bonds. The molecule has 6 heteroatoms. The number of benzene rings is 1. The van der Waals surface area contributed by atoms with Crippen LogP contribution in [0.3, 0.4) is 0 Å². The number of amides is 1. The zero-order valence-electron chi connectivity index (χ0n) is 13.0. The predicted octanol–water partition coefficient (Wildman–Crippen LogP) is 2.52. The molecule has 0 saturated heterocycles. The number of ether oxygens (including phenoxy) is 3. The normalized spacial score (nSPS) is 11.4. The molecule has 1 rings (SSSR count). The van der Waals surface area contributed by atoms with Crippen LogP contribution in [-0.2, 0) is 14.3 Å². The van der Waals surface area contributed by atoms with Crippen molar-refractivity contribution in [3.63, 3.8) is 0 Å². The Hall–Kier alpha value is -2.24. The summed E-state index contributed by atoms with van der Waals surface area (Å²) in [5.74, 6) is 0.366. The van der Waals surface area contributed by atoms with Gasteiger partial charge in [0, 0.05) is 6.42 Å². The molecular formula is C16H23NO5. The number of hydrogen-bond acceptors (Lipinski definition) is 5. The van der Waals surface area contributed by atoms with Gasteiger partial charge in [-0.1, -0.05) is 25.1 Å². The highest BCUT2D eigenvalue weighted by Gasteiger charge is 2.16. The summed E-state index contributed by atoms with van der Waals surface area (Å²) >= 11 is 0. The Kier molecular flexibility index (Phi) is 8.49. The van der Waals surface area contributed by atoms with Crippen LogP contribution in [0, 0.1) is 0 Å². The summed E-state index contributed by atoms with van der Waals surface area (Å²) in [6.45, 7) is 4.20. The van der Waals surface area contributed by atoms with Gasteiger partial charge in [-0.05, 0) is 25.5 Å². The monoisotopic (exact) mass is 309 g/mol. The van der Waals surface area contributed by atoms with Gasteiger partial charge in [-0.25, -0.2) is 4.79 Å². The van der Waals surface area contributed by atoms with Crippen LogP contribution in [0.5, 0.6) is 5.75 Å². The Morgan fingerprint density at radius 3 is 2.55 bits per heavy atom. The molecular weight excluding hydrogens is 286 g/mol. The minimum atomic E-state index is -0.566. The van der Waals surface area contributed by atoms with Crippen molar-refractivity contribution in [3.8, 4) is 5.75 Å². The molecule has 1 atom stereocenters. The van der Waals surface area contributed by atoms with Crippen molar-refractivity contribution in [2.45, 2.75) is 32.8 Å². The van der Waals surface area contributed by atoms with Gasteiger partial charge >= 0.3 is 12.1 Å². The van der Waals surface area contributed by atoms with E-state index in [0.29, 0.717) is 18.6 Å². The first-order valence-corrected chi connectivity index (χ1v) is 7.43. The Morgan fingerprint density at radius 2 is 1.91 bits per heavy atom. The fourth-order valence-electron chi connectivity index (χ4n) is 1.67. The van der Waals surface area contributed by atoms with Gasteiger partial charge < -0.3 is 19.5 Å². The van der Waals surface area contributed by atoms with E-state index in [2.05, 4.69) is 5.32 Å². The number of rotatable bonds is 9. The third-order valence-corrected chi connectivity index (χ3v) is 2.68. The Labute approximate surface area is 130 Å². The summed E-state index contributed by atoms with van der Waals surface area (Å²) in [5.41, 5.74) is 0. The van der Waals surface area contributed by atoms with Crippen molar-refractivity contribution >= 4 is 12.1 Å². The lowest BCUT2D eigenvalue weighted by molar-refractivity contribution is -0.150. The second kappa shape index (κ2) is 10.5. The lowest BCUT2D eigenvalue weighted by Crippen LogP contribution is -2.38. The van der Waals surface area contributed by atoms with E-state index in [9.17, 15) is 9.59 Å². The molecule has 22 heavy (non-hydrogen) atoms. The maximum Gasteiger partial charge on any atom is 0.407 e. The molecule has 0 aromatic heterocycles. The van der Waals surface area contributed by atoms with Crippen LogP contribution in [0.4, 0.5) is 4.79 Å². The van der Waals surface area contributed by atoms with Gasteiger partial charge in [-0.3, -0.25) is 4.79 Å². The standard InChI is InChI=1S/C16H23NO5/c1-3-8-15(18)22-14(11-17-16(19)20-4-2)12-21-13-9-6-5-7-10-13/h5-7,9-10,14H,3-4,8,11-12H2,1-2H3,(H,17,19). The minimum Gasteiger partial charge on any atom is -0.490 e.